The highest BCUT2D eigenvalue weighted by atomic mass is 19.1. The summed E-state index contributed by atoms with van der Waals surface area (Å²) in [6.07, 6.45) is 0.318. The highest BCUT2D eigenvalue weighted by Gasteiger charge is 2.16. The Morgan fingerprint density at radius 1 is 1.28 bits per heavy atom. The number of halogens is 1. The average Bonchev–Trinajstić information content (AvgIpc) is 2.38. The van der Waals surface area contributed by atoms with Crippen LogP contribution in [0.1, 0.15) is 23.3 Å². The Balaban J connectivity index is 2.81. The van der Waals surface area contributed by atoms with E-state index in [1.165, 1.54) is 17.0 Å². The molecule has 0 unspecified atom stereocenters. The van der Waals surface area contributed by atoms with Gasteiger partial charge in [-0.05, 0) is 12.1 Å². The third kappa shape index (κ3) is 3.84. The second kappa shape index (κ2) is 6.97. The topological polar surface area (TPSA) is 80.8 Å². The maximum absolute atomic E-state index is 12.9. The first kappa shape index (κ1) is 13.6. The predicted octanol–water partition coefficient (Wildman–Crippen LogP) is 1.49. The zero-order valence-corrected chi connectivity index (χ0v) is 9.64. The summed E-state index contributed by atoms with van der Waals surface area (Å²) in [6.45, 7) is 0.407. The summed E-state index contributed by atoms with van der Waals surface area (Å²) in [7, 11) is 0. The lowest BCUT2D eigenvalue weighted by Crippen LogP contribution is -2.33. The maximum Gasteiger partial charge on any atom is 0.272 e. The maximum atomic E-state index is 12.9. The van der Waals surface area contributed by atoms with Crippen molar-refractivity contribution in [2.75, 3.05) is 13.1 Å². The van der Waals surface area contributed by atoms with Gasteiger partial charge in [0.1, 0.15) is 5.69 Å². The van der Waals surface area contributed by atoms with Gasteiger partial charge in [-0.3, -0.25) is 4.79 Å². The van der Waals surface area contributed by atoms with Gasteiger partial charge >= 0.3 is 0 Å². The first-order valence-corrected chi connectivity index (χ1v) is 5.34. The molecule has 0 saturated carbocycles. The monoisotopic (exact) mass is 246 g/mol. The molecule has 0 fully saturated rings. The van der Waals surface area contributed by atoms with Gasteiger partial charge in [0.2, 0.25) is 5.95 Å². The summed E-state index contributed by atoms with van der Waals surface area (Å²) in [5.41, 5.74) is -0.0223. The van der Waals surface area contributed by atoms with Crippen molar-refractivity contribution in [3.05, 3.63) is 29.8 Å². The predicted molar refractivity (Wildman–Crippen MR) is 60.6 cm³/mol. The van der Waals surface area contributed by atoms with Crippen molar-refractivity contribution in [3.63, 3.8) is 0 Å². The Hall–Kier alpha value is -2.47. The number of pyridine rings is 1. The molecule has 0 saturated heterocycles. The SMILES string of the molecule is N#CCCN(CCC#N)C(=O)c1cccc(F)n1. The molecule has 0 aliphatic heterocycles. The quantitative estimate of drug-likeness (QED) is 0.737. The van der Waals surface area contributed by atoms with Crippen molar-refractivity contribution in [3.8, 4) is 12.1 Å². The molecule has 5 nitrogen and oxygen atoms in total. The number of amides is 1. The molecule has 1 amide bonds. The van der Waals surface area contributed by atoms with E-state index in [4.69, 9.17) is 10.5 Å². The summed E-state index contributed by atoms with van der Waals surface area (Å²) in [5, 5.41) is 17.0. The van der Waals surface area contributed by atoms with E-state index in [-0.39, 0.29) is 31.6 Å². The van der Waals surface area contributed by atoms with Gasteiger partial charge in [-0.1, -0.05) is 6.07 Å². The number of hydrogen-bond acceptors (Lipinski definition) is 4. The molecule has 0 aliphatic carbocycles. The number of rotatable bonds is 5. The third-order valence-corrected chi connectivity index (χ3v) is 2.21. The van der Waals surface area contributed by atoms with Gasteiger partial charge in [-0.2, -0.15) is 14.9 Å². The molecule has 0 atom stereocenters. The van der Waals surface area contributed by atoms with Gasteiger partial charge in [0.25, 0.3) is 5.91 Å². The smallest absolute Gasteiger partial charge is 0.272 e. The molecule has 0 aliphatic rings. The van der Waals surface area contributed by atoms with Crippen LogP contribution in [0, 0.1) is 28.6 Å². The Labute approximate surface area is 104 Å². The van der Waals surface area contributed by atoms with Crippen molar-refractivity contribution < 1.29 is 9.18 Å². The van der Waals surface area contributed by atoms with Crippen LogP contribution in [0.25, 0.3) is 0 Å². The van der Waals surface area contributed by atoms with Crippen molar-refractivity contribution in [1.29, 1.82) is 10.5 Å². The second-order valence-electron chi connectivity index (χ2n) is 3.45. The van der Waals surface area contributed by atoms with Crippen LogP contribution < -0.4 is 0 Å². The Bertz CT molecular complexity index is 486. The molecule has 0 bridgehead atoms. The number of carbonyl (C=O) groups excluding carboxylic acids is 1. The van der Waals surface area contributed by atoms with Crippen LogP contribution >= 0.6 is 0 Å². The van der Waals surface area contributed by atoms with E-state index in [0.717, 1.165) is 6.07 Å². The third-order valence-electron chi connectivity index (χ3n) is 2.21. The van der Waals surface area contributed by atoms with Crippen LogP contribution in [0.3, 0.4) is 0 Å². The van der Waals surface area contributed by atoms with E-state index in [1.54, 1.807) is 0 Å². The van der Waals surface area contributed by atoms with E-state index in [1.807, 2.05) is 12.1 Å². The average molecular weight is 246 g/mol. The van der Waals surface area contributed by atoms with Crippen LogP contribution in [0.4, 0.5) is 4.39 Å². The lowest BCUT2D eigenvalue weighted by molar-refractivity contribution is 0.0755. The Kier molecular flexibility index (Phi) is 5.27. The lowest BCUT2D eigenvalue weighted by Gasteiger charge is -2.19. The molecule has 0 N–H and O–H groups in total. The molecule has 1 heterocycles. The molecule has 1 aromatic rings. The van der Waals surface area contributed by atoms with Gasteiger partial charge in [0.15, 0.2) is 0 Å². The number of nitriles is 2. The van der Waals surface area contributed by atoms with E-state index in [9.17, 15) is 9.18 Å². The molecule has 0 aromatic carbocycles. The summed E-state index contributed by atoms with van der Waals surface area (Å²) in [4.78, 5) is 16.8. The molecule has 92 valence electrons. The van der Waals surface area contributed by atoms with Crippen molar-refractivity contribution >= 4 is 5.91 Å². The molecule has 0 radical (unpaired) electrons. The minimum Gasteiger partial charge on any atom is -0.335 e. The highest BCUT2D eigenvalue weighted by molar-refractivity contribution is 5.92. The fourth-order valence-electron chi connectivity index (χ4n) is 1.37. The van der Waals surface area contributed by atoms with E-state index >= 15 is 0 Å². The summed E-state index contributed by atoms with van der Waals surface area (Å²) >= 11 is 0. The summed E-state index contributed by atoms with van der Waals surface area (Å²) in [6, 6.07) is 7.78. The van der Waals surface area contributed by atoms with Crippen LogP contribution in [-0.2, 0) is 0 Å². The van der Waals surface area contributed by atoms with Crippen LogP contribution in [-0.4, -0.2) is 28.9 Å². The molecular weight excluding hydrogens is 235 g/mol. The van der Waals surface area contributed by atoms with Gasteiger partial charge in [0.05, 0.1) is 25.0 Å². The zero-order valence-electron chi connectivity index (χ0n) is 9.64. The molecule has 1 aromatic heterocycles. The van der Waals surface area contributed by atoms with Gasteiger partial charge < -0.3 is 4.90 Å². The van der Waals surface area contributed by atoms with Crippen LogP contribution in [0.5, 0.6) is 0 Å². The fraction of sp³-hybridized carbons (Fsp3) is 0.333. The first-order chi connectivity index (χ1) is 8.69. The second-order valence-corrected chi connectivity index (χ2v) is 3.45. The van der Waals surface area contributed by atoms with Crippen LogP contribution in [0.15, 0.2) is 18.2 Å². The largest absolute Gasteiger partial charge is 0.335 e. The van der Waals surface area contributed by atoms with Gasteiger partial charge in [0, 0.05) is 13.1 Å². The molecule has 0 spiro atoms. The molecule has 6 heteroatoms. The van der Waals surface area contributed by atoms with Crippen LogP contribution in [0.2, 0.25) is 0 Å². The van der Waals surface area contributed by atoms with Crippen molar-refractivity contribution in [1.82, 2.24) is 9.88 Å². The Morgan fingerprint density at radius 2 is 1.89 bits per heavy atom. The minimum atomic E-state index is -0.735. The van der Waals surface area contributed by atoms with Gasteiger partial charge in [-0.15, -0.1) is 0 Å². The molecule has 18 heavy (non-hydrogen) atoms. The fourth-order valence-corrected chi connectivity index (χ4v) is 1.37. The summed E-state index contributed by atoms with van der Waals surface area (Å²) in [5.74, 6) is -1.21. The van der Waals surface area contributed by atoms with Crippen molar-refractivity contribution in [2.24, 2.45) is 0 Å². The van der Waals surface area contributed by atoms with E-state index in [2.05, 4.69) is 4.98 Å². The first-order valence-electron chi connectivity index (χ1n) is 5.34. The summed E-state index contributed by atoms with van der Waals surface area (Å²) < 4.78 is 12.9. The lowest BCUT2D eigenvalue weighted by atomic mass is 10.2. The molecule has 1 rings (SSSR count). The zero-order chi connectivity index (χ0) is 13.4. The molecular formula is C12H11FN4O. The number of carbonyl (C=O) groups is 1. The number of nitrogens with zero attached hydrogens (tertiary/aromatic N) is 4. The number of aromatic nitrogens is 1. The highest BCUT2D eigenvalue weighted by Crippen LogP contribution is 2.05. The number of hydrogen-bond donors (Lipinski definition) is 0. The minimum absolute atomic E-state index is 0.0223. The standard InChI is InChI=1S/C12H11FN4O/c13-11-5-1-4-10(16-11)12(18)17(8-2-6-14)9-3-7-15/h1,4-5H,2-3,8-9H2. The van der Waals surface area contributed by atoms with E-state index < -0.39 is 11.9 Å². The normalized spacial score (nSPS) is 9.28. The van der Waals surface area contributed by atoms with Crippen molar-refractivity contribution in [2.45, 2.75) is 12.8 Å². The van der Waals surface area contributed by atoms with E-state index in [0.29, 0.717) is 0 Å². The Morgan fingerprint density at radius 3 is 2.39 bits per heavy atom. The van der Waals surface area contributed by atoms with Gasteiger partial charge in [-0.25, -0.2) is 4.98 Å².